The summed E-state index contributed by atoms with van der Waals surface area (Å²) in [6.07, 6.45) is 18.3. The number of hydrogen-bond acceptors (Lipinski definition) is 0. The predicted molar refractivity (Wildman–Crippen MR) is 221 cm³/mol. The van der Waals surface area contributed by atoms with Gasteiger partial charge in [-0.25, -0.2) is 0 Å². The number of rotatable bonds is 8. The van der Waals surface area contributed by atoms with Crippen LogP contribution in [0.2, 0.25) is 0 Å². The fourth-order valence-corrected chi connectivity index (χ4v) is 9.44. The van der Waals surface area contributed by atoms with E-state index in [-0.39, 0.29) is 5.41 Å². The van der Waals surface area contributed by atoms with Crippen molar-refractivity contribution in [2.45, 2.75) is 71.9 Å². The summed E-state index contributed by atoms with van der Waals surface area (Å²) in [7, 11) is 0. The van der Waals surface area contributed by atoms with Crippen molar-refractivity contribution in [2.75, 3.05) is 0 Å². The quantitative estimate of drug-likeness (QED) is 0.143. The zero-order chi connectivity index (χ0) is 34.7. The lowest BCUT2D eigenvalue weighted by Crippen LogP contribution is -2.23. The Morgan fingerprint density at radius 3 is 1.69 bits per heavy atom. The Bertz CT molecular complexity index is 2580. The normalized spacial score (nSPS) is 14.7. The zero-order valence-corrected chi connectivity index (χ0v) is 30.3. The van der Waals surface area contributed by atoms with Crippen molar-refractivity contribution in [3.63, 3.8) is 0 Å². The van der Waals surface area contributed by atoms with Crippen molar-refractivity contribution >= 4 is 63.1 Å². The Balaban J connectivity index is 1.03. The van der Waals surface area contributed by atoms with Crippen LogP contribution in [-0.4, -0.2) is 9.13 Å². The summed E-state index contributed by atoms with van der Waals surface area (Å²) in [5, 5.41) is 4.03. The van der Waals surface area contributed by atoms with E-state index in [0.717, 1.165) is 38.8 Å². The van der Waals surface area contributed by atoms with Crippen LogP contribution in [0.25, 0.3) is 74.2 Å². The first-order valence-electron chi connectivity index (χ1n) is 19.0. The van der Waals surface area contributed by atoms with Gasteiger partial charge in [-0.05, 0) is 114 Å². The highest BCUT2D eigenvalue weighted by Gasteiger charge is 2.40. The Kier molecular flexibility index (Phi) is 7.73. The van der Waals surface area contributed by atoms with Gasteiger partial charge in [-0.2, -0.15) is 0 Å². The van der Waals surface area contributed by atoms with Crippen LogP contribution >= 0.6 is 0 Å². The molecule has 2 nitrogen and oxygen atoms in total. The number of nitrogens with zero attached hydrogens (tertiary/aromatic N) is 2. The van der Waals surface area contributed by atoms with E-state index in [9.17, 15) is 0 Å². The maximum absolute atomic E-state index is 2.50. The van der Waals surface area contributed by atoms with Gasteiger partial charge >= 0.3 is 0 Å². The molecule has 2 heteroatoms. The van der Waals surface area contributed by atoms with Gasteiger partial charge in [0.1, 0.15) is 0 Å². The monoisotopic (exact) mass is 662 g/mol. The summed E-state index contributed by atoms with van der Waals surface area (Å²) in [4.78, 5) is 0. The van der Waals surface area contributed by atoms with Gasteiger partial charge in [0.25, 0.3) is 0 Å². The molecule has 0 atom stereocenters. The summed E-state index contributed by atoms with van der Waals surface area (Å²) in [5.41, 5.74) is 17.6. The van der Waals surface area contributed by atoms with Gasteiger partial charge in [-0.1, -0.05) is 117 Å². The van der Waals surface area contributed by atoms with Crippen LogP contribution in [-0.2, 0) is 24.9 Å². The van der Waals surface area contributed by atoms with Crippen LogP contribution in [0.1, 0.15) is 91.6 Å². The molecule has 0 unspecified atom stereocenters. The second-order valence-corrected chi connectivity index (χ2v) is 14.4. The molecule has 5 aromatic carbocycles. The van der Waals surface area contributed by atoms with Gasteiger partial charge in [-0.15, -0.1) is 0 Å². The van der Waals surface area contributed by atoms with Gasteiger partial charge in [0.15, 0.2) is 0 Å². The summed E-state index contributed by atoms with van der Waals surface area (Å²) in [6, 6.07) is 36.9. The van der Waals surface area contributed by atoms with Gasteiger partial charge in [-0.3, -0.25) is 0 Å². The maximum atomic E-state index is 2.50. The van der Waals surface area contributed by atoms with Crippen LogP contribution < -0.4 is 0 Å². The first kappa shape index (κ1) is 31.6. The second kappa shape index (κ2) is 12.5. The third-order valence-corrected chi connectivity index (χ3v) is 12.1. The average molecular weight is 663 g/mol. The molecular weight excluding hydrogens is 617 g/mol. The SMILES string of the molecule is CCn1c2c(c3cc(/C=C/c4ccc5c(c4)C(CC)(CC)c4cc(/C=C/c6ccc7c(c6)c6ccccc6n7CC)ccc4-5)ccc31)C=CCC2. The smallest absolute Gasteiger partial charge is 0.0491 e. The third kappa shape index (κ3) is 4.91. The number of hydrogen-bond donors (Lipinski definition) is 0. The van der Waals surface area contributed by atoms with Crippen LogP contribution in [0.4, 0.5) is 0 Å². The fourth-order valence-electron chi connectivity index (χ4n) is 9.44. The lowest BCUT2D eigenvalue weighted by molar-refractivity contribution is 0.490. The molecular formula is C49H46N2. The molecule has 0 saturated carbocycles. The average Bonchev–Trinajstić information content (AvgIpc) is 3.78. The molecule has 0 amide bonds. The fraction of sp³-hybridized carbons (Fsp3) is 0.224. The Morgan fingerprint density at radius 1 is 0.549 bits per heavy atom. The lowest BCUT2D eigenvalue weighted by Gasteiger charge is -2.30. The van der Waals surface area contributed by atoms with E-state index >= 15 is 0 Å². The first-order chi connectivity index (χ1) is 25.1. The molecule has 51 heavy (non-hydrogen) atoms. The molecule has 0 saturated heterocycles. The zero-order valence-electron chi connectivity index (χ0n) is 30.3. The van der Waals surface area contributed by atoms with Crippen molar-refractivity contribution in [2.24, 2.45) is 0 Å². The van der Waals surface area contributed by atoms with E-state index in [2.05, 4.69) is 170 Å². The molecule has 2 aliphatic rings. The van der Waals surface area contributed by atoms with Crippen LogP contribution in [0.5, 0.6) is 0 Å². The molecule has 2 aliphatic carbocycles. The minimum absolute atomic E-state index is 0.00658. The minimum atomic E-state index is 0.00658. The van der Waals surface area contributed by atoms with Crippen molar-refractivity contribution < 1.29 is 0 Å². The molecule has 0 bridgehead atoms. The molecule has 0 spiro atoms. The van der Waals surface area contributed by atoms with E-state index in [1.54, 1.807) is 0 Å². The topological polar surface area (TPSA) is 9.86 Å². The molecule has 0 fully saturated rings. The number of aryl methyl sites for hydroxylation is 2. The minimum Gasteiger partial charge on any atom is -0.344 e. The standard InChI is InChI=1S/C49H46N2/c1-5-49(6-2)43-31-35(19-17-33-23-27-47-41(29-33)39-13-9-11-15-45(39)50(47)7-3)21-25-37(43)38-26-22-36(32-44(38)49)20-18-34-24-28-48-42(30-34)40-14-10-12-16-46(40)51(48)8-4/h9-11,13-15,17-32H,5-8,12,16H2,1-4H3/b19-17+,20-18+. The number of fused-ring (bicyclic) bond motifs is 9. The van der Waals surface area contributed by atoms with Gasteiger partial charge < -0.3 is 9.13 Å². The Labute approximate surface area is 302 Å². The van der Waals surface area contributed by atoms with Crippen LogP contribution in [0, 0.1) is 0 Å². The summed E-state index contributed by atoms with van der Waals surface area (Å²) in [5.74, 6) is 0. The molecule has 9 rings (SSSR count). The maximum Gasteiger partial charge on any atom is 0.0491 e. The third-order valence-electron chi connectivity index (χ3n) is 12.1. The van der Waals surface area contributed by atoms with Gasteiger partial charge in [0, 0.05) is 62.5 Å². The number of para-hydroxylation sites is 1. The van der Waals surface area contributed by atoms with E-state index in [1.165, 1.54) is 88.5 Å². The predicted octanol–water partition coefficient (Wildman–Crippen LogP) is 13.2. The van der Waals surface area contributed by atoms with E-state index in [0.29, 0.717) is 0 Å². The molecule has 0 aliphatic heterocycles. The van der Waals surface area contributed by atoms with Gasteiger partial charge in [0.2, 0.25) is 0 Å². The highest BCUT2D eigenvalue weighted by molar-refractivity contribution is 6.08. The molecule has 2 heterocycles. The molecule has 0 N–H and O–H groups in total. The first-order valence-corrected chi connectivity index (χ1v) is 19.0. The molecule has 7 aromatic rings. The number of allylic oxidation sites excluding steroid dienone is 1. The largest absolute Gasteiger partial charge is 0.344 e. The highest BCUT2D eigenvalue weighted by Crippen LogP contribution is 2.53. The number of benzene rings is 5. The van der Waals surface area contributed by atoms with Crippen molar-refractivity contribution in [3.05, 3.63) is 148 Å². The summed E-state index contributed by atoms with van der Waals surface area (Å²) < 4.78 is 4.92. The second-order valence-electron chi connectivity index (χ2n) is 14.4. The van der Waals surface area contributed by atoms with Crippen molar-refractivity contribution in [1.29, 1.82) is 0 Å². The number of aromatic nitrogens is 2. The van der Waals surface area contributed by atoms with Gasteiger partial charge in [0.05, 0.1) is 0 Å². The molecule has 2 aromatic heterocycles. The van der Waals surface area contributed by atoms with E-state index in [1.807, 2.05) is 0 Å². The summed E-state index contributed by atoms with van der Waals surface area (Å²) in [6.45, 7) is 11.2. The molecule has 0 radical (unpaired) electrons. The Morgan fingerprint density at radius 2 is 1.08 bits per heavy atom. The highest BCUT2D eigenvalue weighted by atomic mass is 15.0. The summed E-state index contributed by atoms with van der Waals surface area (Å²) >= 11 is 0. The Hall–Kier alpha value is -5.34. The van der Waals surface area contributed by atoms with Crippen molar-refractivity contribution in [3.8, 4) is 11.1 Å². The van der Waals surface area contributed by atoms with E-state index in [4.69, 9.17) is 0 Å². The van der Waals surface area contributed by atoms with Crippen molar-refractivity contribution in [1.82, 2.24) is 9.13 Å². The van der Waals surface area contributed by atoms with E-state index < -0.39 is 0 Å². The van der Waals surface area contributed by atoms with Crippen LogP contribution in [0.15, 0.2) is 103 Å². The lowest BCUT2D eigenvalue weighted by atomic mass is 9.73. The van der Waals surface area contributed by atoms with Crippen LogP contribution in [0.3, 0.4) is 0 Å². The molecule has 252 valence electrons.